The fourth-order valence-corrected chi connectivity index (χ4v) is 5.69. The van der Waals surface area contributed by atoms with Crippen LogP contribution in [0.1, 0.15) is 38.2 Å². The van der Waals surface area contributed by atoms with Crippen LogP contribution < -0.4 is 0 Å². The van der Waals surface area contributed by atoms with Gasteiger partial charge in [0, 0.05) is 32.0 Å². The molecule has 3 rings (SSSR count). The average Bonchev–Trinajstić information content (AvgIpc) is 3.07. The monoisotopic (exact) mass is 351 g/mol. The molecule has 0 amide bonds. The van der Waals surface area contributed by atoms with Crippen molar-refractivity contribution in [3.63, 3.8) is 0 Å². The minimum absolute atomic E-state index is 0.295. The van der Waals surface area contributed by atoms with Gasteiger partial charge in [0.25, 0.3) is 0 Å². The summed E-state index contributed by atoms with van der Waals surface area (Å²) in [7, 11) is -3.02. The molecule has 6 heteroatoms. The standard InChI is InChI=1S/C18H29N3O2S/c1-2-12-24(22,23)21-11-7-18(15-21)17-5-9-20(10-6-17)14-16-4-3-8-19-13-16/h3-4,8,13,17-18H,2,5-7,9-12,14-15H2,1H3. The maximum absolute atomic E-state index is 12.2. The third kappa shape index (κ3) is 4.35. The van der Waals surface area contributed by atoms with Crippen molar-refractivity contribution in [3.05, 3.63) is 30.1 Å². The zero-order valence-electron chi connectivity index (χ0n) is 14.6. The number of piperidine rings is 1. The van der Waals surface area contributed by atoms with Crippen LogP contribution in [0.3, 0.4) is 0 Å². The largest absolute Gasteiger partial charge is 0.299 e. The van der Waals surface area contributed by atoms with Gasteiger partial charge in [0.2, 0.25) is 10.0 Å². The summed E-state index contributed by atoms with van der Waals surface area (Å²) in [6.07, 6.45) is 7.87. The predicted molar refractivity (Wildman–Crippen MR) is 96.0 cm³/mol. The van der Waals surface area contributed by atoms with E-state index in [1.165, 1.54) is 18.4 Å². The lowest BCUT2D eigenvalue weighted by Crippen LogP contribution is -2.37. The van der Waals surface area contributed by atoms with Gasteiger partial charge >= 0.3 is 0 Å². The van der Waals surface area contributed by atoms with E-state index in [1.807, 2.05) is 25.4 Å². The number of rotatable bonds is 6. The predicted octanol–water partition coefficient (Wildman–Crippen LogP) is 2.36. The van der Waals surface area contributed by atoms with Gasteiger partial charge in [-0.25, -0.2) is 12.7 Å². The smallest absolute Gasteiger partial charge is 0.214 e. The molecule has 134 valence electrons. The molecule has 0 radical (unpaired) electrons. The number of pyridine rings is 1. The summed E-state index contributed by atoms with van der Waals surface area (Å²) in [5, 5.41) is 0. The lowest BCUT2D eigenvalue weighted by atomic mass is 9.84. The van der Waals surface area contributed by atoms with E-state index in [0.29, 0.717) is 24.0 Å². The van der Waals surface area contributed by atoms with Crippen LogP contribution in [0.15, 0.2) is 24.5 Å². The van der Waals surface area contributed by atoms with E-state index in [9.17, 15) is 8.42 Å². The molecule has 2 fully saturated rings. The summed E-state index contributed by atoms with van der Waals surface area (Å²) in [6, 6.07) is 4.12. The lowest BCUT2D eigenvalue weighted by Gasteiger charge is -2.34. The molecule has 1 unspecified atom stereocenters. The van der Waals surface area contributed by atoms with Crippen molar-refractivity contribution in [1.82, 2.24) is 14.2 Å². The highest BCUT2D eigenvalue weighted by Gasteiger charge is 2.36. The van der Waals surface area contributed by atoms with Crippen molar-refractivity contribution in [2.75, 3.05) is 31.9 Å². The Hall–Kier alpha value is -0.980. The van der Waals surface area contributed by atoms with Crippen LogP contribution in [-0.4, -0.2) is 54.5 Å². The van der Waals surface area contributed by atoms with E-state index in [-0.39, 0.29) is 0 Å². The van der Waals surface area contributed by atoms with Crippen molar-refractivity contribution in [3.8, 4) is 0 Å². The van der Waals surface area contributed by atoms with E-state index in [1.54, 1.807) is 4.31 Å². The minimum Gasteiger partial charge on any atom is -0.299 e. The Kier molecular flexibility index (Phi) is 5.89. The van der Waals surface area contributed by atoms with Crippen LogP contribution in [0.2, 0.25) is 0 Å². The summed E-state index contributed by atoms with van der Waals surface area (Å²) in [4.78, 5) is 6.68. The summed E-state index contributed by atoms with van der Waals surface area (Å²) in [5.74, 6) is 1.53. The molecule has 2 saturated heterocycles. The molecule has 0 aliphatic carbocycles. The first-order valence-corrected chi connectivity index (χ1v) is 10.8. The fraction of sp³-hybridized carbons (Fsp3) is 0.722. The van der Waals surface area contributed by atoms with E-state index in [2.05, 4.69) is 16.0 Å². The van der Waals surface area contributed by atoms with Gasteiger partial charge in [0.05, 0.1) is 5.75 Å². The van der Waals surface area contributed by atoms with Crippen LogP contribution in [0.4, 0.5) is 0 Å². The molecule has 24 heavy (non-hydrogen) atoms. The minimum atomic E-state index is -3.02. The van der Waals surface area contributed by atoms with E-state index < -0.39 is 10.0 Å². The molecule has 0 aromatic carbocycles. The summed E-state index contributed by atoms with van der Waals surface area (Å²) >= 11 is 0. The van der Waals surface area contributed by atoms with Crippen LogP contribution in [-0.2, 0) is 16.6 Å². The van der Waals surface area contributed by atoms with Gasteiger partial charge in [-0.1, -0.05) is 13.0 Å². The van der Waals surface area contributed by atoms with Crippen molar-refractivity contribution in [1.29, 1.82) is 0 Å². The molecule has 2 aliphatic rings. The Bertz CT molecular complexity index is 612. The zero-order valence-corrected chi connectivity index (χ0v) is 15.4. The lowest BCUT2D eigenvalue weighted by molar-refractivity contribution is 0.144. The van der Waals surface area contributed by atoms with Crippen molar-refractivity contribution < 1.29 is 8.42 Å². The molecule has 0 saturated carbocycles. The summed E-state index contributed by atoms with van der Waals surface area (Å²) in [5.41, 5.74) is 1.27. The highest BCUT2D eigenvalue weighted by molar-refractivity contribution is 7.89. The van der Waals surface area contributed by atoms with Crippen LogP contribution in [0, 0.1) is 11.8 Å². The second-order valence-electron chi connectivity index (χ2n) is 7.20. The normalized spacial score (nSPS) is 24.5. The number of hydrogen-bond donors (Lipinski definition) is 0. The second-order valence-corrected chi connectivity index (χ2v) is 9.29. The Morgan fingerprint density at radius 1 is 1.17 bits per heavy atom. The third-order valence-corrected chi connectivity index (χ3v) is 7.51. The molecular formula is C18H29N3O2S. The van der Waals surface area contributed by atoms with Gasteiger partial charge in [-0.2, -0.15) is 0 Å². The highest BCUT2D eigenvalue weighted by Crippen LogP contribution is 2.33. The van der Waals surface area contributed by atoms with Crippen LogP contribution in [0.5, 0.6) is 0 Å². The highest BCUT2D eigenvalue weighted by atomic mass is 32.2. The third-order valence-electron chi connectivity index (χ3n) is 5.47. The quantitative estimate of drug-likeness (QED) is 0.789. The number of nitrogens with zero attached hydrogens (tertiary/aromatic N) is 3. The molecule has 0 N–H and O–H groups in total. The van der Waals surface area contributed by atoms with Gasteiger partial charge in [0.15, 0.2) is 0 Å². The number of hydrogen-bond acceptors (Lipinski definition) is 4. The molecule has 1 aromatic rings. The zero-order chi connectivity index (χ0) is 17.0. The summed E-state index contributed by atoms with van der Waals surface area (Å²) in [6.45, 7) is 6.60. The maximum atomic E-state index is 12.2. The van der Waals surface area contributed by atoms with Gasteiger partial charge in [-0.15, -0.1) is 0 Å². The molecule has 5 nitrogen and oxygen atoms in total. The second kappa shape index (κ2) is 7.93. The first kappa shape index (κ1) is 17.8. The number of aromatic nitrogens is 1. The molecule has 0 bridgehead atoms. The van der Waals surface area contributed by atoms with Crippen molar-refractivity contribution in [2.45, 2.75) is 39.2 Å². The molecule has 1 atom stereocenters. The van der Waals surface area contributed by atoms with Crippen molar-refractivity contribution in [2.24, 2.45) is 11.8 Å². The van der Waals surface area contributed by atoms with Gasteiger partial charge < -0.3 is 0 Å². The number of likely N-dealkylation sites (tertiary alicyclic amines) is 1. The average molecular weight is 352 g/mol. The topological polar surface area (TPSA) is 53.5 Å². The Morgan fingerprint density at radius 3 is 2.58 bits per heavy atom. The molecule has 3 heterocycles. The Balaban J connectivity index is 1.47. The first-order chi connectivity index (χ1) is 11.6. The Labute approximate surface area is 146 Å². The van der Waals surface area contributed by atoms with Gasteiger partial charge in [-0.05, 0) is 62.2 Å². The first-order valence-electron chi connectivity index (χ1n) is 9.17. The summed E-state index contributed by atoms with van der Waals surface area (Å²) < 4.78 is 26.2. The molecular weight excluding hydrogens is 322 g/mol. The molecule has 1 aromatic heterocycles. The van der Waals surface area contributed by atoms with E-state index >= 15 is 0 Å². The Morgan fingerprint density at radius 2 is 1.92 bits per heavy atom. The fourth-order valence-electron chi connectivity index (χ4n) is 4.11. The SMILES string of the molecule is CCCS(=O)(=O)N1CCC(C2CCN(Cc3cccnc3)CC2)C1. The van der Waals surface area contributed by atoms with Crippen LogP contribution in [0.25, 0.3) is 0 Å². The van der Waals surface area contributed by atoms with Crippen LogP contribution >= 0.6 is 0 Å². The van der Waals surface area contributed by atoms with Gasteiger partial charge in [0.1, 0.15) is 0 Å². The maximum Gasteiger partial charge on any atom is 0.214 e. The molecule has 2 aliphatic heterocycles. The van der Waals surface area contributed by atoms with Gasteiger partial charge in [-0.3, -0.25) is 9.88 Å². The van der Waals surface area contributed by atoms with E-state index in [4.69, 9.17) is 0 Å². The van der Waals surface area contributed by atoms with E-state index in [0.717, 1.165) is 39.1 Å². The van der Waals surface area contributed by atoms with Crippen molar-refractivity contribution >= 4 is 10.0 Å². The number of sulfonamides is 1. The molecule has 0 spiro atoms.